The van der Waals surface area contributed by atoms with Gasteiger partial charge in [-0.25, -0.2) is 13.8 Å². The Bertz CT molecular complexity index is 2000. The van der Waals surface area contributed by atoms with Gasteiger partial charge in [0, 0.05) is 5.69 Å². The van der Waals surface area contributed by atoms with Gasteiger partial charge in [-0.2, -0.15) is 5.10 Å². The predicted octanol–water partition coefficient (Wildman–Crippen LogP) is 5.88. The van der Waals surface area contributed by atoms with Crippen LogP contribution in [-0.2, 0) is 21.4 Å². The number of amides is 2. The molecule has 0 unspecified atom stereocenters. The van der Waals surface area contributed by atoms with Gasteiger partial charge < -0.3 is 19.5 Å². The maximum absolute atomic E-state index is 14.0. The summed E-state index contributed by atoms with van der Waals surface area (Å²) >= 11 is 0. The lowest BCUT2D eigenvalue weighted by molar-refractivity contribution is -0.118. The van der Waals surface area contributed by atoms with Crippen LogP contribution in [0.5, 0.6) is 17.2 Å². The molecular weight excluding hydrogens is 644 g/mol. The lowest BCUT2D eigenvalue weighted by Crippen LogP contribution is -2.33. The normalized spacial score (nSPS) is 11.1. The van der Waals surface area contributed by atoms with E-state index in [0.717, 1.165) is 5.56 Å². The van der Waals surface area contributed by atoms with E-state index < -0.39 is 15.9 Å². The number of methoxy groups -OCH3 is 2. The zero-order valence-electron chi connectivity index (χ0n) is 26.8. The molecule has 0 atom stereocenters. The Morgan fingerprint density at radius 3 is 1.98 bits per heavy atom. The summed E-state index contributed by atoms with van der Waals surface area (Å²) in [5.41, 5.74) is 4.80. The molecule has 0 fully saturated rings. The van der Waals surface area contributed by atoms with Crippen molar-refractivity contribution in [2.75, 3.05) is 30.4 Å². The molecule has 2 amide bonds. The average molecular weight is 679 g/mol. The lowest BCUT2D eigenvalue weighted by atomic mass is 10.1. The van der Waals surface area contributed by atoms with Crippen molar-refractivity contribution in [1.82, 2.24) is 5.43 Å². The first-order valence-corrected chi connectivity index (χ1v) is 16.5. The number of nitrogens with one attached hydrogen (secondary N) is 2. The largest absolute Gasteiger partial charge is 0.497 e. The number of hydrogen-bond acceptors (Lipinski definition) is 8. The zero-order valence-corrected chi connectivity index (χ0v) is 27.6. The molecule has 5 aromatic rings. The van der Waals surface area contributed by atoms with Gasteiger partial charge >= 0.3 is 0 Å². The van der Waals surface area contributed by atoms with Crippen LogP contribution in [0, 0.1) is 0 Å². The van der Waals surface area contributed by atoms with E-state index in [0.29, 0.717) is 28.5 Å². The van der Waals surface area contributed by atoms with Gasteiger partial charge in [-0.15, -0.1) is 0 Å². The Morgan fingerprint density at radius 2 is 1.33 bits per heavy atom. The smallest absolute Gasteiger partial charge is 0.273 e. The number of hydrazone groups is 1. The lowest BCUT2D eigenvalue weighted by Gasteiger charge is -2.26. The van der Waals surface area contributed by atoms with Crippen molar-refractivity contribution in [3.05, 3.63) is 144 Å². The molecule has 0 bridgehead atoms. The summed E-state index contributed by atoms with van der Waals surface area (Å²) in [6, 6.07) is 35.3. The first-order valence-electron chi connectivity index (χ1n) is 15.1. The van der Waals surface area contributed by atoms with Gasteiger partial charge in [-0.3, -0.25) is 13.9 Å². The van der Waals surface area contributed by atoms with Crippen LogP contribution in [0.1, 0.15) is 21.5 Å². The minimum Gasteiger partial charge on any atom is -0.497 e. The van der Waals surface area contributed by atoms with Gasteiger partial charge in [0.15, 0.2) is 6.61 Å². The summed E-state index contributed by atoms with van der Waals surface area (Å²) in [6.45, 7) is -0.204. The van der Waals surface area contributed by atoms with Gasteiger partial charge in [0.2, 0.25) is 0 Å². The highest BCUT2D eigenvalue weighted by atomic mass is 32.2. The molecule has 0 aliphatic carbocycles. The quantitative estimate of drug-likeness (QED) is 0.111. The zero-order chi connectivity index (χ0) is 34.6. The number of para-hydroxylation sites is 1. The Labute approximate surface area is 284 Å². The maximum atomic E-state index is 14.0. The Balaban J connectivity index is 1.26. The molecule has 0 saturated carbocycles. The van der Waals surface area contributed by atoms with E-state index in [1.807, 2.05) is 30.3 Å². The summed E-state index contributed by atoms with van der Waals surface area (Å²) in [5, 5.41) is 6.83. The van der Waals surface area contributed by atoms with Crippen molar-refractivity contribution in [3.63, 3.8) is 0 Å². The third-order valence-electron chi connectivity index (χ3n) is 7.24. The van der Waals surface area contributed by atoms with Gasteiger partial charge in [0.05, 0.1) is 43.1 Å². The van der Waals surface area contributed by atoms with Crippen molar-refractivity contribution >= 4 is 39.4 Å². The summed E-state index contributed by atoms with van der Waals surface area (Å²) in [5.74, 6) is 0.748. The van der Waals surface area contributed by atoms with Crippen molar-refractivity contribution in [3.8, 4) is 17.2 Å². The molecule has 0 heterocycles. The second kappa shape index (κ2) is 16.1. The molecule has 0 spiro atoms. The van der Waals surface area contributed by atoms with Gasteiger partial charge in [-0.1, -0.05) is 42.5 Å². The molecular formula is C37H34N4O7S. The van der Waals surface area contributed by atoms with Crippen LogP contribution < -0.4 is 29.3 Å². The van der Waals surface area contributed by atoms with E-state index >= 15 is 0 Å². The van der Waals surface area contributed by atoms with E-state index in [-0.39, 0.29) is 35.2 Å². The number of nitrogens with zero attached hydrogens (tertiary/aromatic N) is 2. The Kier molecular flexibility index (Phi) is 11.2. The Hall–Kier alpha value is -6.14. The topological polar surface area (TPSA) is 136 Å². The molecule has 0 aliphatic rings. The van der Waals surface area contributed by atoms with Crippen LogP contribution in [-0.4, -0.2) is 47.3 Å². The Morgan fingerprint density at radius 1 is 0.735 bits per heavy atom. The third kappa shape index (κ3) is 9.02. The van der Waals surface area contributed by atoms with E-state index in [4.69, 9.17) is 14.2 Å². The van der Waals surface area contributed by atoms with E-state index in [1.165, 1.54) is 29.8 Å². The van der Waals surface area contributed by atoms with E-state index in [2.05, 4.69) is 15.8 Å². The van der Waals surface area contributed by atoms with Crippen LogP contribution in [0.4, 0.5) is 11.4 Å². The highest BCUT2D eigenvalue weighted by Gasteiger charge is 2.28. The number of carbonyl (C=O) groups excluding carboxylic acids is 2. The number of carbonyl (C=O) groups is 2. The van der Waals surface area contributed by atoms with Crippen LogP contribution >= 0.6 is 0 Å². The van der Waals surface area contributed by atoms with Crippen LogP contribution in [0.3, 0.4) is 0 Å². The number of benzene rings is 5. The minimum atomic E-state index is -4.11. The van der Waals surface area contributed by atoms with Crippen molar-refractivity contribution < 1.29 is 32.2 Å². The molecule has 0 saturated heterocycles. The summed E-state index contributed by atoms with van der Waals surface area (Å²) in [4.78, 5) is 25.7. The number of anilines is 2. The second-order valence-corrected chi connectivity index (χ2v) is 12.4. The standard InChI is InChI=1S/C37H34N4O7S/c1-46-30-18-14-29(15-19-30)39-36(42)26-48-32-16-12-27(13-17-32)24-38-40-37(43)34-10-6-7-11-35(34)41(25-28-8-4-3-5-9-28)49(44,45)33-22-20-31(47-2)21-23-33/h3-24H,25-26H2,1-2H3,(H,39,42)(H,40,43)/b38-24-. The maximum Gasteiger partial charge on any atom is 0.273 e. The number of sulfonamides is 1. The SMILES string of the molecule is COc1ccc(NC(=O)COc2ccc(/C=N\NC(=O)c3ccccc3N(Cc3ccccc3)S(=O)(=O)c3ccc(OC)cc3)cc2)cc1. The molecule has 250 valence electrons. The number of hydrogen-bond donors (Lipinski definition) is 2. The van der Waals surface area contributed by atoms with Crippen LogP contribution in [0.15, 0.2) is 137 Å². The molecule has 11 nitrogen and oxygen atoms in total. The molecule has 0 aromatic heterocycles. The summed E-state index contributed by atoms with van der Waals surface area (Å²) < 4.78 is 45.1. The number of ether oxygens (including phenoxy) is 3. The van der Waals surface area contributed by atoms with Crippen molar-refractivity contribution in [2.45, 2.75) is 11.4 Å². The molecule has 5 aromatic carbocycles. The predicted molar refractivity (Wildman–Crippen MR) is 188 cm³/mol. The fourth-order valence-corrected chi connectivity index (χ4v) is 6.17. The fourth-order valence-electron chi connectivity index (χ4n) is 4.70. The first-order chi connectivity index (χ1) is 23.8. The van der Waals surface area contributed by atoms with Gasteiger partial charge in [0.25, 0.3) is 21.8 Å². The molecule has 5 rings (SSSR count). The average Bonchev–Trinajstić information content (AvgIpc) is 3.14. The molecule has 12 heteroatoms. The van der Waals surface area contributed by atoms with E-state index in [9.17, 15) is 18.0 Å². The number of rotatable bonds is 14. The monoisotopic (exact) mass is 678 g/mol. The highest BCUT2D eigenvalue weighted by Crippen LogP contribution is 2.30. The molecule has 49 heavy (non-hydrogen) atoms. The summed E-state index contributed by atoms with van der Waals surface area (Å²) in [6.07, 6.45) is 1.44. The minimum absolute atomic E-state index is 0.0136. The van der Waals surface area contributed by atoms with Gasteiger partial charge in [0.1, 0.15) is 17.2 Å². The fraction of sp³-hybridized carbons (Fsp3) is 0.108. The van der Waals surface area contributed by atoms with Crippen LogP contribution in [0.25, 0.3) is 0 Å². The molecule has 2 N–H and O–H groups in total. The van der Waals surface area contributed by atoms with Crippen LogP contribution in [0.2, 0.25) is 0 Å². The highest BCUT2D eigenvalue weighted by molar-refractivity contribution is 7.92. The molecule has 0 radical (unpaired) electrons. The van der Waals surface area contributed by atoms with Gasteiger partial charge in [-0.05, 0) is 96.1 Å². The van der Waals surface area contributed by atoms with E-state index in [1.54, 1.807) is 92.0 Å². The first kappa shape index (κ1) is 34.2. The van der Waals surface area contributed by atoms with Crippen molar-refractivity contribution in [2.24, 2.45) is 5.10 Å². The molecule has 0 aliphatic heterocycles. The van der Waals surface area contributed by atoms with Crippen molar-refractivity contribution in [1.29, 1.82) is 0 Å². The second-order valence-electron chi connectivity index (χ2n) is 10.5. The third-order valence-corrected chi connectivity index (χ3v) is 9.01. The summed E-state index contributed by atoms with van der Waals surface area (Å²) in [7, 11) is -1.04.